The van der Waals surface area contributed by atoms with Gasteiger partial charge in [-0.1, -0.05) is 6.07 Å². The van der Waals surface area contributed by atoms with Crippen LogP contribution in [0.4, 0.5) is 5.69 Å². The lowest BCUT2D eigenvalue weighted by molar-refractivity contribution is -0.147. The lowest BCUT2D eigenvalue weighted by Gasteiger charge is -2.08. The van der Waals surface area contributed by atoms with Gasteiger partial charge < -0.3 is 19.9 Å². The number of nitrogens with zero attached hydrogens (tertiary/aromatic N) is 2. The zero-order valence-electron chi connectivity index (χ0n) is 17.5. The predicted octanol–water partition coefficient (Wildman–Crippen LogP) is 0.329. The molecule has 168 valence electrons. The van der Waals surface area contributed by atoms with E-state index < -0.39 is 28.5 Å². The maximum Gasteiger partial charge on any atom is 0.307 e. The Labute approximate surface area is 180 Å². The average Bonchev–Trinajstić information content (AvgIpc) is 3.06. The van der Waals surface area contributed by atoms with Gasteiger partial charge in [0, 0.05) is 37.6 Å². The molecule has 0 aliphatic heterocycles. The van der Waals surface area contributed by atoms with Gasteiger partial charge in [0.05, 0.1) is 6.42 Å². The number of ether oxygens (including phenoxy) is 1. The second kappa shape index (κ2) is 10.7. The first-order valence-corrected chi connectivity index (χ1v) is 10.9. The molecule has 11 nitrogen and oxygen atoms in total. The summed E-state index contributed by atoms with van der Waals surface area (Å²) in [5, 5.41) is 5.03. The van der Waals surface area contributed by atoms with Gasteiger partial charge in [-0.25, -0.2) is 18.1 Å². The molecule has 0 radical (unpaired) electrons. The average molecular weight is 452 g/mol. The number of amides is 2. The molecule has 0 spiro atoms. The molecule has 2 amide bonds. The van der Waals surface area contributed by atoms with Crippen molar-refractivity contribution in [3.05, 3.63) is 41.9 Å². The second-order valence-corrected chi connectivity index (χ2v) is 8.25. The van der Waals surface area contributed by atoms with Crippen LogP contribution in [0.5, 0.6) is 0 Å². The summed E-state index contributed by atoms with van der Waals surface area (Å²) in [6, 6.07) is 6.31. The first-order valence-electron chi connectivity index (χ1n) is 9.45. The minimum Gasteiger partial charge on any atom is -0.456 e. The van der Waals surface area contributed by atoms with Crippen LogP contribution in [0.25, 0.3) is 0 Å². The van der Waals surface area contributed by atoms with E-state index in [-0.39, 0.29) is 23.9 Å². The van der Waals surface area contributed by atoms with Gasteiger partial charge in [-0.2, -0.15) is 0 Å². The summed E-state index contributed by atoms with van der Waals surface area (Å²) in [5.41, 5.74) is 0.759. The van der Waals surface area contributed by atoms with Crippen molar-refractivity contribution >= 4 is 33.5 Å². The minimum absolute atomic E-state index is 0.143. The number of hydrogen-bond donors (Lipinski definition) is 3. The third kappa shape index (κ3) is 7.19. The molecule has 2 aromatic rings. The molecule has 0 aliphatic carbocycles. The zero-order chi connectivity index (χ0) is 23.0. The molecular weight excluding hydrogens is 426 g/mol. The molecule has 0 fully saturated rings. The Balaban J connectivity index is 1.76. The van der Waals surface area contributed by atoms with E-state index in [4.69, 9.17) is 4.74 Å². The number of rotatable bonds is 10. The third-order valence-corrected chi connectivity index (χ3v) is 5.42. The van der Waals surface area contributed by atoms with Crippen LogP contribution >= 0.6 is 0 Å². The van der Waals surface area contributed by atoms with E-state index in [1.807, 2.05) is 0 Å². The Bertz CT molecular complexity index is 1040. The van der Waals surface area contributed by atoms with Crippen LogP contribution in [0.1, 0.15) is 29.5 Å². The maximum atomic E-state index is 12.1. The van der Waals surface area contributed by atoms with Crippen molar-refractivity contribution in [2.45, 2.75) is 25.3 Å². The number of nitrogens with one attached hydrogen (secondary N) is 3. The molecular formula is C19H25N5O6S. The number of esters is 1. The molecule has 0 unspecified atom stereocenters. The number of sulfonamides is 1. The molecule has 0 atom stereocenters. The molecule has 1 aromatic carbocycles. The fraction of sp³-hybridized carbons (Fsp3) is 0.368. The van der Waals surface area contributed by atoms with Crippen LogP contribution in [-0.2, 0) is 31.4 Å². The third-order valence-electron chi connectivity index (χ3n) is 4.09. The highest BCUT2D eigenvalue weighted by atomic mass is 32.2. The van der Waals surface area contributed by atoms with Crippen LogP contribution in [0.2, 0.25) is 0 Å². The van der Waals surface area contributed by atoms with Crippen LogP contribution < -0.4 is 15.4 Å². The van der Waals surface area contributed by atoms with Gasteiger partial charge in [-0.3, -0.25) is 14.4 Å². The summed E-state index contributed by atoms with van der Waals surface area (Å²) in [5.74, 6) is -1.08. The van der Waals surface area contributed by atoms with Gasteiger partial charge in [-0.15, -0.1) is 0 Å². The van der Waals surface area contributed by atoms with Crippen molar-refractivity contribution in [2.24, 2.45) is 7.05 Å². The van der Waals surface area contributed by atoms with Gasteiger partial charge in [0.25, 0.3) is 21.8 Å². The Hall–Kier alpha value is -3.25. The summed E-state index contributed by atoms with van der Waals surface area (Å²) in [4.78, 5) is 39.5. The number of anilines is 1. The lowest BCUT2D eigenvalue weighted by atomic mass is 10.2. The molecule has 31 heavy (non-hydrogen) atoms. The maximum absolute atomic E-state index is 12.1. The molecule has 1 aromatic heterocycles. The minimum atomic E-state index is -3.85. The fourth-order valence-corrected chi connectivity index (χ4v) is 3.50. The van der Waals surface area contributed by atoms with E-state index in [1.54, 1.807) is 43.7 Å². The molecule has 3 N–H and O–H groups in total. The van der Waals surface area contributed by atoms with Crippen LogP contribution in [0.15, 0.2) is 35.5 Å². The zero-order valence-corrected chi connectivity index (χ0v) is 18.3. The predicted molar refractivity (Wildman–Crippen MR) is 112 cm³/mol. The van der Waals surface area contributed by atoms with E-state index in [1.165, 1.54) is 12.3 Å². The SMILES string of the molecule is CCNC(=O)c1cccc(NC(=O)COC(=O)CCNS(=O)(=O)c2cn(C)c(C)n2)c1. The number of benzene rings is 1. The van der Waals surface area contributed by atoms with Crippen molar-refractivity contribution < 1.29 is 27.5 Å². The van der Waals surface area contributed by atoms with Crippen molar-refractivity contribution in [3.63, 3.8) is 0 Å². The highest BCUT2D eigenvalue weighted by Gasteiger charge is 2.19. The number of carbonyl (C=O) groups is 3. The van der Waals surface area contributed by atoms with E-state index >= 15 is 0 Å². The highest BCUT2D eigenvalue weighted by Crippen LogP contribution is 2.11. The molecule has 0 aliphatic rings. The van der Waals surface area contributed by atoms with Crippen LogP contribution in [-0.4, -0.2) is 55.4 Å². The number of hydrogen-bond acceptors (Lipinski definition) is 7. The fourth-order valence-electron chi connectivity index (χ4n) is 2.43. The van der Waals surface area contributed by atoms with E-state index in [0.717, 1.165) is 0 Å². The van der Waals surface area contributed by atoms with Crippen molar-refractivity contribution in [2.75, 3.05) is 25.0 Å². The summed E-state index contributed by atoms with van der Waals surface area (Å²) in [7, 11) is -2.18. The topological polar surface area (TPSA) is 148 Å². The number of aryl methyl sites for hydroxylation is 2. The lowest BCUT2D eigenvalue weighted by Crippen LogP contribution is -2.28. The molecule has 0 bridgehead atoms. The van der Waals surface area contributed by atoms with E-state index in [2.05, 4.69) is 20.3 Å². The van der Waals surface area contributed by atoms with Crippen molar-refractivity contribution in [3.8, 4) is 0 Å². The largest absolute Gasteiger partial charge is 0.456 e. The second-order valence-electron chi connectivity index (χ2n) is 6.53. The van der Waals surface area contributed by atoms with Crippen LogP contribution in [0.3, 0.4) is 0 Å². The number of aromatic nitrogens is 2. The Morgan fingerprint density at radius 1 is 1.23 bits per heavy atom. The molecule has 1 heterocycles. The first kappa shape index (κ1) is 24.0. The monoisotopic (exact) mass is 451 g/mol. The summed E-state index contributed by atoms with van der Waals surface area (Å²) in [6.07, 6.45) is 1.10. The van der Waals surface area contributed by atoms with Crippen LogP contribution in [0, 0.1) is 6.92 Å². The molecule has 2 rings (SSSR count). The van der Waals surface area contributed by atoms with Crippen molar-refractivity contribution in [1.29, 1.82) is 0 Å². The van der Waals surface area contributed by atoms with Gasteiger partial charge in [0.1, 0.15) is 5.82 Å². The van der Waals surface area contributed by atoms with Gasteiger partial charge >= 0.3 is 5.97 Å². The summed E-state index contributed by atoms with van der Waals surface area (Å²) >= 11 is 0. The van der Waals surface area contributed by atoms with Gasteiger partial charge in [0.2, 0.25) is 0 Å². The Morgan fingerprint density at radius 3 is 2.61 bits per heavy atom. The quantitative estimate of drug-likeness (QED) is 0.441. The highest BCUT2D eigenvalue weighted by molar-refractivity contribution is 7.89. The molecule has 0 saturated heterocycles. The molecule has 12 heteroatoms. The summed E-state index contributed by atoms with van der Waals surface area (Å²) < 4.78 is 32.9. The normalized spacial score (nSPS) is 11.1. The summed E-state index contributed by atoms with van der Waals surface area (Å²) in [6.45, 7) is 3.19. The van der Waals surface area contributed by atoms with E-state index in [9.17, 15) is 22.8 Å². The molecule has 0 saturated carbocycles. The number of imidazole rings is 1. The first-order chi connectivity index (χ1) is 14.6. The Morgan fingerprint density at radius 2 is 1.97 bits per heavy atom. The van der Waals surface area contributed by atoms with Gasteiger partial charge in [0.15, 0.2) is 11.6 Å². The number of carbonyl (C=O) groups excluding carboxylic acids is 3. The Kier molecular flexibility index (Phi) is 8.28. The smallest absolute Gasteiger partial charge is 0.307 e. The van der Waals surface area contributed by atoms with Crippen molar-refractivity contribution in [1.82, 2.24) is 19.6 Å². The van der Waals surface area contributed by atoms with E-state index in [0.29, 0.717) is 23.6 Å². The standard InChI is InChI=1S/C19H25N5O6S/c1-4-20-19(27)14-6-5-7-15(10-14)23-16(25)12-30-18(26)8-9-21-31(28,29)17-11-24(3)13(2)22-17/h5-7,10-11,21H,4,8-9,12H2,1-3H3,(H,20,27)(H,23,25). The van der Waals surface area contributed by atoms with Gasteiger partial charge in [-0.05, 0) is 32.0 Å².